The van der Waals surface area contributed by atoms with Crippen molar-refractivity contribution in [3.05, 3.63) is 142 Å². The Bertz CT molecular complexity index is 2290. The zero-order valence-corrected chi connectivity index (χ0v) is 34.0. The molecule has 6 rings (SSSR count). The molecule has 2 aliphatic rings. The summed E-state index contributed by atoms with van der Waals surface area (Å²) in [5.74, 6) is -9.21. The lowest BCUT2D eigenvalue weighted by molar-refractivity contribution is -0.123. The number of benzene rings is 4. The predicted molar refractivity (Wildman–Crippen MR) is 221 cm³/mol. The van der Waals surface area contributed by atoms with E-state index in [1.807, 2.05) is 0 Å². The lowest BCUT2D eigenvalue weighted by atomic mass is 9.90. The molecule has 0 bridgehead atoms. The van der Waals surface area contributed by atoms with Crippen LogP contribution in [0.5, 0.6) is 0 Å². The Morgan fingerprint density at radius 2 is 0.850 bits per heavy atom. The topological polar surface area (TPSA) is 196 Å². The van der Waals surface area contributed by atoms with Crippen LogP contribution >= 0.6 is 0 Å². The first-order valence-corrected chi connectivity index (χ1v) is 19.4. The van der Waals surface area contributed by atoms with Crippen molar-refractivity contribution in [1.82, 2.24) is 10.6 Å². The van der Waals surface area contributed by atoms with E-state index in [2.05, 4.69) is 10.6 Å². The van der Waals surface area contributed by atoms with Gasteiger partial charge in [0, 0.05) is 36.2 Å². The third kappa shape index (κ3) is 9.36. The standard InChI is InChI=1S/C47H44N2O11.2H2/c1-46(2,3)59-44(57)48-33(21-25-13-9-7-10-14-25)42(55)35-38(51)29-19-17-27(23-31(29)40(35)53)37(50)28-18-20-30-32(24-28)41(54)36(39(30)52)43(56)34(22-26-15-11-8-12-16-26)49-45(58)60-47(4,5)6;;/h7-20,23-24,33-36H,21-22H2,1-6H3,(H,48,57)(H,49,58);2*1H/t33-,34-,35?,36?;;/m0../s1. The van der Waals surface area contributed by atoms with Crippen LogP contribution in [0.2, 0.25) is 0 Å². The number of carbonyl (C=O) groups is 9. The van der Waals surface area contributed by atoms with Crippen molar-refractivity contribution in [2.24, 2.45) is 11.8 Å². The molecule has 4 aromatic rings. The van der Waals surface area contributed by atoms with Crippen molar-refractivity contribution in [2.75, 3.05) is 0 Å². The fourth-order valence-electron chi connectivity index (χ4n) is 7.20. The second kappa shape index (κ2) is 16.8. The van der Waals surface area contributed by atoms with Crippen LogP contribution in [0, 0.1) is 11.8 Å². The molecule has 2 amide bonds. The Labute approximate surface area is 349 Å². The first kappa shape index (κ1) is 42.7. The molecular formula is C47H48N2O11. The molecule has 2 unspecified atom stereocenters. The minimum absolute atomic E-state index is 0. The van der Waals surface area contributed by atoms with Gasteiger partial charge in [0.1, 0.15) is 23.0 Å². The molecule has 0 radical (unpaired) electrons. The van der Waals surface area contributed by atoms with E-state index in [0.717, 1.165) is 0 Å². The van der Waals surface area contributed by atoms with Gasteiger partial charge in [-0.15, -0.1) is 0 Å². The van der Waals surface area contributed by atoms with E-state index >= 15 is 0 Å². The maximum Gasteiger partial charge on any atom is 0.408 e. The van der Waals surface area contributed by atoms with Crippen LogP contribution in [-0.4, -0.2) is 76.0 Å². The lowest BCUT2D eigenvalue weighted by Gasteiger charge is -2.24. The number of rotatable bonds is 12. The molecule has 60 heavy (non-hydrogen) atoms. The summed E-state index contributed by atoms with van der Waals surface area (Å²) in [6.07, 6.45) is -1.88. The molecule has 0 fully saturated rings. The number of carbonyl (C=O) groups excluding carboxylic acids is 9. The number of alkyl carbamates (subject to hydrolysis) is 2. The highest BCUT2D eigenvalue weighted by molar-refractivity contribution is 6.38. The highest BCUT2D eigenvalue weighted by atomic mass is 16.6. The molecule has 2 N–H and O–H groups in total. The third-order valence-electron chi connectivity index (χ3n) is 9.88. The summed E-state index contributed by atoms with van der Waals surface area (Å²) in [6.45, 7) is 9.89. The van der Waals surface area contributed by atoms with E-state index in [0.29, 0.717) is 11.1 Å². The smallest absolute Gasteiger partial charge is 0.408 e. The van der Waals surface area contributed by atoms with Crippen LogP contribution in [0.4, 0.5) is 9.59 Å². The minimum Gasteiger partial charge on any atom is -0.444 e. The zero-order valence-electron chi connectivity index (χ0n) is 34.0. The summed E-state index contributed by atoms with van der Waals surface area (Å²) >= 11 is 0. The first-order valence-electron chi connectivity index (χ1n) is 19.4. The summed E-state index contributed by atoms with van der Waals surface area (Å²) < 4.78 is 10.7. The molecule has 13 heteroatoms. The molecule has 0 spiro atoms. The Morgan fingerprint density at radius 3 is 1.18 bits per heavy atom. The molecule has 13 nitrogen and oxygen atoms in total. The average molecular weight is 817 g/mol. The fourth-order valence-corrected chi connectivity index (χ4v) is 7.20. The second-order valence-corrected chi connectivity index (χ2v) is 16.8. The quantitative estimate of drug-likeness (QED) is 0.113. The van der Waals surface area contributed by atoms with Crippen LogP contribution < -0.4 is 10.6 Å². The maximum atomic E-state index is 14.0. The van der Waals surface area contributed by atoms with Crippen molar-refractivity contribution in [3.8, 4) is 0 Å². The van der Waals surface area contributed by atoms with Crippen molar-refractivity contribution >= 4 is 52.7 Å². The van der Waals surface area contributed by atoms with E-state index in [1.54, 1.807) is 102 Å². The van der Waals surface area contributed by atoms with Crippen molar-refractivity contribution in [1.29, 1.82) is 0 Å². The van der Waals surface area contributed by atoms with Gasteiger partial charge in [-0.2, -0.15) is 0 Å². The number of amides is 2. The normalized spacial score (nSPS) is 17.0. The number of hydrogen-bond acceptors (Lipinski definition) is 11. The van der Waals surface area contributed by atoms with Crippen LogP contribution in [0.3, 0.4) is 0 Å². The molecule has 4 atom stereocenters. The first-order chi connectivity index (χ1) is 28.2. The van der Waals surface area contributed by atoms with E-state index in [1.165, 1.54) is 36.4 Å². The summed E-state index contributed by atoms with van der Waals surface area (Å²) in [7, 11) is 0. The fraction of sp³-hybridized carbons (Fsp3) is 0.298. The largest absolute Gasteiger partial charge is 0.444 e. The van der Waals surface area contributed by atoms with Crippen molar-refractivity contribution < 1.29 is 55.5 Å². The van der Waals surface area contributed by atoms with Gasteiger partial charge in [-0.25, -0.2) is 9.59 Å². The number of hydrogen-bond donors (Lipinski definition) is 2. The average Bonchev–Trinajstić information content (AvgIpc) is 3.58. The number of ketones is 7. The molecule has 0 saturated carbocycles. The number of nitrogens with one attached hydrogen (secondary N) is 2. The van der Waals surface area contributed by atoms with E-state index in [-0.39, 0.29) is 49.1 Å². The molecule has 0 aliphatic heterocycles. The highest BCUT2D eigenvalue weighted by Gasteiger charge is 2.48. The van der Waals surface area contributed by atoms with Gasteiger partial charge in [-0.05, 0) is 89.8 Å². The number of fused-ring (bicyclic) bond motifs is 2. The summed E-state index contributed by atoms with van der Waals surface area (Å²) in [5, 5.41) is 5.04. The Balaban J connectivity index is 0.00000422. The number of ether oxygens (including phenoxy) is 2. The molecule has 0 aromatic heterocycles. The zero-order chi connectivity index (χ0) is 43.7. The minimum atomic E-state index is -1.79. The van der Waals surface area contributed by atoms with Crippen LogP contribution in [0.15, 0.2) is 97.1 Å². The summed E-state index contributed by atoms with van der Waals surface area (Å²) in [4.78, 5) is 122. The van der Waals surface area contributed by atoms with Gasteiger partial charge < -0.3 is 20.1 Å². The second-order valence-electron chi connectivity index (χ2n) is 16.8. The Hall–Kier alpha value is -6.89. The van der Waals surface area contributed by atoms with Gasteiger partial charge in [-0.1, -0.05) is 72.8 Å². The lowest BCUT2D eigenvalue weighted by Crippen LogP contribution is -2.48. The molecule has 2 aliphatic carbocycles. The molecular weight excluding hydrogens is 769 g/mol. The number of Topliss-reactive ketones (excluding diaryl/α,β-unsaturated/α-hetero) is 6. The predicted octanol–water partition coefficient (Wildman–Crippen LogP) is 6.81. The Kier molecular flexibility index (Phi) is 11.9. The van der Waals surface area contributed by atoms with Gasteiger partial charge in [0.05, 0.1) is 12.1 Å². The van der Waals surface area contributed by atoms with E-state index < -0.39 is 87.8 Å². The van der Waals surface area contributed by atoms with Crippen molar-refractivity contribution in [3.63, 3.8) is 0 Å². The van der Waals surface area contributed by atoms with Crippen LogP contribution in [0.1, 0.15) is 113 Å². The highest BCUT2D eigenvalue weighted by Crippen LogP contribution is 2.33. The van der Waals surface area contributed by atoms with Gasteiger partial charge >= 0.3 is 12.2 Å². The third-order valence-corrected chi connectivity index (χ3v) is 9.88. The summed E-state index contributed by atoms with van der Waals surface area (Å²) in [5.41, 5.74) is -1.06. The SMILES string of the molecule is CC(C)(C)OC(=O)N[C@@H](Cc1ccccc1)C(=O)C1C(=O)c2ccc(C(=O)c3ccc4c(c3)C(=O)C(C(=O)[C@H](Cc3ccccc3)NC(=O)OC(C)(C)C)C4=O)cc2C1=O.[HH].[HH]. The van der Waals surface area contributed by atoms with Gasteiger partial charge in [0.25, 0.3) is 0 Å². The van der Waals surface area contributed by atoms with Gasteiger partial charge in [0.2, 0.25) is 0 Å². The van der Waals surface area contributed by atoms with Crippen molar-refractivity contribution in [2.45, 2.75) is 77.7 Å². The maximum absolute atomic E-state index is 14.0. The molecule has 0 heterocycles. The van der Waals surface area contributed by atoms with E-state index in [9.17, 15) is 43.2 Å². The van der Waals surface area contributed by atoms with Gasteiger partial charge in [-0.3, -0.25) is 33.6 Å². The molecule has 4 aromatic carbocycles. The van der Waals surface area contributed by atoms with Gasteiger partial charge in [0.15, 0.2) is 40.5 Å². The molecule has 0 saturated heterocycles. The van der Waals surface area contributed by atoms with Crippen LogP contribution in [-0.2, 0) is 31.9 Å². The summed E-state index contributed by atoms with van der Waals surface area (Å²) in [6, 6.07) is 22.4. The monoisotopic (exact) mass is 816 g/mol. The van der Waals surface area contributed by atoms with Crippen LogP contribution in [0.25, 0.3) is 0 Å². The Morgan fingerprint density at radius 1 is 0.517 bits per heavy atom. The molecule has 312 valence electrons. The van der Waals surface area contributed by atoms with E-state index in [4.69, 9.17) is 9.47 Å².